The summed E-state index contributed by atoms with van der Waals surface area (Å²) >= 11 is 0. The lowest BCUT2D eigenvalue weighted by molar-refractivity contribution is 0.0752. The van der Waals surface area contributed by atoms with E-state index in [0.717, 1.165) is 17.1 Å². The SMILES string of the molecule is CCN(Cc1ccccc1)C(=O)c1cnn(-c2ccc(C)cc2)c1-n1cccc1. The van der Waals surface area contributed by atoms with Crippen LogP contribution in [0, 0.1) is 6.92 Å². The molecule has 5 nitrogen and oxygen atoms in total. The molecule has 0 aliphatic rings. The summed E-state index contributed by atoms with van der Waals surface area (Å²) in [6.07, 6.45) is 5.54. The van der Waals surface area contributed by atoms with E-state index in [9.17, 15) is 4.79 Å². The lowest BCUT2D eigenvalue weighted by Crippen LogP contribution is -2.31. The zero-order valence-electron chi connectivity index (χ0n) is 16.7. The molecule has 0 saturated heterocycles. The lowest BCUT2D eigenvalue weighted by Gasteiger charge is -2.21. The third-order valence-corrected chi connectivity index (χ3v) is 4.99. The number of hydrogen-bond acceptors (Lipinski definition) is 2. The van der Waals surface area contributed by atoms with Crippen molar-refractivity contribution in [2.45, 2.75) is 20.4 Å². The van der Waals surface area contributed by atoms with E-state index in [2.05, 4.69) is 12.0 Å². The monoisotopic (exact) mass is 384 g/mol. The number of carbonyl (C=O) groups excluding carboxylic acids is 1. The van der Waals surface area contributed by atoms with Crippen molar-refractivity contribution >= 4 is 5.91 Å². The third kappa shape index (κ3) is 3.85. The van der Waals surface area contributed by atoms with Gasteiger partial charge in [-0.25, -0.2) is 4.68 Å². The highest BCUT2D eigenvalue weighted by Gasteiger charge is 2.23. The number of nitrogens with zero attached hydrogens (tertiary/aromatic N) is 4. The molecular weight excluding hydrogens is 360 g/mol. The number of carbonyl (C=O) groups is 1. The maximum absolute atomic E-state index is 13.5. The van der Waals surface area contributed by atoms with Crippen LogP contribution in [0.1, 0.15) is 28.4 Å². The second kappa shape index (κ2) is 8.19. The topological polar surface area (TPSA) is 43.1 Å². The van der Waals surface area contributed by atoms with Crippen LogP contribution in [0.5, 0.6) is 0 Å². The molecule has 4 rings (SSSR count). The van der Waals surface area contributed by atoms with E-state index in [1.165, 1.54) is 5.56 Å². The van der Waals surface area contributed by atoms with Crippen molar-refractivity contribution < 1.29 is 4.79 Å². The number of amides is 1. The average Bonchev–Trinajstić information content (AvgIpc) is 3.42. The van der Waals surface area contributed by atoms with Crippen molar-refractivity contribution in [2.24, 2.45) is 0 Å². The van der Waals surface area contributed by atoms with Crippen molar-refractivity contribution in [1.82, 2.24) is 19.2 Å². The van der Waals surface area contributed by atoms with Crippen LogP contribution in [0.15, 0.2) is 85.3 Å². The molecule has 0 bridgehead atoms. The first-order valence-electron chi connectivity index (χ1n) is 9.79. The smallest absolute Gasteiger partial charge is 0.259 e. The number of rotatable bonds is 6. The minimum absolute atomic E-state index is 0.0292. The zero-order valence-corrected chi connectivity index (χ0v) is 16.7. The standard InChI is InChI=1S/C24H24N4O/c1-3-26(18-20-9-5-4-6-10-20)24(29)22-17-25-28(21-13-11-19(2)12-14-21)23(22)27-15-7-8-16-27/h4-17H,3,18H2,1-2H3. The summed E-state index contributed by atoms with van der Waals surface area (Å²) in [6.45, 7) is 5.24. The Kier molecular flexibility index (Phi) is 5.29. The van der Waals surface area contributed by atoms with Crippen LogP contribution < -0.4 is 0 Å². The number of benzene rings is 2. The van der Waals surface area contributed by atoms with Gasteiger partial charge >= 0.3 is 0 Å². The molecule has 29 heavy (non-hydrogen) atoms. The minimum Gasteiger partial charge on any atom is -0.334 e. The van der Waals surface area contributed by atoms with Crippen LogP contribution in [0.2, 0.25) is 0 Å². The predicted octanol–water partition coefficient (Wildman–Crippen LogP) is 4.63. The maximum atomic E-state index is 13.5. The number of hydrogen-bond donors (Lipinski definition) is 0. The molecule has 4 aromatic rings. The summed E-state index contributed by atoms with van der Waals surface area (Å²) in [5.41, 5.74) is 3.79. The molecule has 1 amide bonds. The average molecular weight is 384 g/mol. The zero-order chi connectivity index (χ0) is 20.2. The Labute approximate surface area is 170 Å². The van der Waals surface area contributed by atoms with Crippen LogP contribution in [0.4, 0.5) is 0 Å². The van der Waals surface area contributed by atoms with Gasteiger partial charge in [0.05, 0.1) is 11.9 Å². The Hall–Kier alpha value is -3.60. The highest BCUT2D eigenvalue weighted by atomic mass is 16.2. The molecule has 0 unspecified atom stereocenters. The van der Waals surface area contributed by atoms with Crippen LogP contribution in [-0.4, -0.2) is 31.7 Å². The molecule has 0 N–H and O–H groups in total. The molecule has 0 spiro atoms. The molecule has 0 radical (unpaired) electrons. The first kappa shape index (κ1) is 18.7. The van der Waals surface area contributed by atoms with Gasteiger partial charge < -0.3 is 9.47 Å². The van der Waals surface area contributed by atoms with E-state index in [0.29, 0.717) is 18.7 Å². The van der Waals surface area contributed by atoms with E-state index in [1.807, 2.05) is 100 Å². The van der Waals surface area contributed by atoms with Crippen molar-refractivity contribution in [1.29, 1.82) is 0 Å². The number of aryl methyl sites for hydroxylation is 1. The molecule has 0 fully saturated rings. The van der Waals surface area contributed by atoms with E-state index in [1.54, 1.807) is 6.20 Å². The normalized spacial score (nSPS) is 10.8. The van der Waals surface area contributed by atoms with Crippen LogP contribution in [0.3, 0.4) is 0 Å². The minimum atomic E-state index is -0.0292. The first-order valence-corrected chi connectivity index (χ1v) is 9.79. The summed E-state index contributed by atoms with van der Waals surface area (Å²) in [5, 5.41) is 4.57. The molecule has 0 aliphatic heterocycles. The summed E-state index contributed by atoms with van der Waals surface area (Å²) in [6, 6.07) is 22.1. The molecule has 2 heterocycles. The van der Waals surface area contributed by atoms with Crippen LogP contribution in [-0.2, 0) is 6.54 Å². The Bertz CT molecular complexity index is 1080. The van der Waals surface area contributed by atoms with Crippen LogP contribution >= 0.6 is 0 Å². The summed E-state index contributed by atoms with van der Waals surface area (Å²) in [7, 11) is 0. The Balaban J connectivity index is 1.75. The molecular formula is C24H24N4O. The molecule has 146 valence electrons. The van der Waals surface area contributed by atoms with Gasteiger partial charge in [-0.1, -0.05) is 48.0 Å². The summed E-state index contributed by atoms with van der Waals surface area (Å²) < 4.78 is 3.76. The maximum Gasteiger partial charge on any atom is 0.259 e. The Morgan fingerprint density at radius 2 is 1.66 bits per heavy atom. The van der Waals surface area contributed by atoms with Gasteiger partial charge in [0.1, 0.15) is 5.56 Å². The second-order valence-corrected chi connectivity index (χ2v) is 7.02. The molecule has 2 aromatic heterocycles. The molecule has 0 aliphatic carbocycles. The van der Waals surface area contributed by atoms with Crippen molar-refractivity contribution in [3.05, 3.63) is 102 Å². The highest BCUT2D eigenvalue weighted by Crippen LogP contribution is 2.22. The largest absolute Gasteiger partial charge is 0.334 e. The van der Waals surface area contributed by atoms with Gasteiger partial charge in [-0.05, 0) is 43.7 Å². The van der Waals surface area contributed by atoms with Gasteiger partial charge in [0, 0.05) is 25.5 Å². The van der Waals surface area contributed by atoms with E-state index in [4.69, 9.17) is 0 Å². The van der Waals surface area contributed by atoms with E-state index in [-0.39, 0.29) is 5.91 Å². The summed E-state index contributed by atoms with van der Waals surface area (Å²) in [5.74, 6) is 0.716. The second-order valence-electron chi connectivity index (χ2n) is 7.02. The summed E-state index contributed by atoms with van der Waals surface area (Å²) in [4.78, 5) is 15.3. The Morgan fingerprint density at radius 1 is 0.966 bits per heavy atom. The molecule has 2 aromatic carbocycles. The fourth-order valence-electron chi connectivity index (χ4n) is 3.39. The van der Waals surface area contributed by atoms with Gasteiger partial charge in [0.15, 0.2) is 5.82 Å². The van der Waals surface area contributed by atoms with Crippen molar-refractivity contribution in [3.63, 3.8) is 0 Å². The van der Waals surface area contributed by atoms with E-state index < -0.39 is 0 Å². The van der Waals surface area contributed by atoms with Gasteiger partial charge in [0.2, 0.25) is 0 Å². The molecule has 0 atom stereocenters. The molecule has 0 saturated carbocycles. The van der Waals surface area contributed by atoms with Gasteiger partial charge in [-0.3, -0.25) is 4.79 Å². The fraction of sp³-hybridized carbons (Fsp3) is 0.167. The quantitative estimate of drug-likeness (QED) is 0.486. The van der Waals surface area contributed by atoms with Gasteiger partial charge in [0.25, 0.3) is 5.91 Å². The van der Waals surface area contributed by atoms with Crippen molar-refractivity contribution in [3.8, 4) is 11.5 Å². The van der Waals surface area contributed by atoms with Gasteiger partial charge in [-0.2, -0.15) is 5.10 Å². The third-order valence-electron chi connectivity index (χ3n) is 4.99. The molecule has 5 heteroatoms. The first-order chi connectivity index (χ1) is 14.2. The van der Waals surface area contributed by atoms with Crippen molar-refractivity contribution in [2.75, 3.05) is 6.54 Å². The highest BCUT2D eigenvalue weighted by molar-refractivity contribution is 5.97. The van der Waals surface area contributed by atoms with E-state index >= 15 is 0 Å². The van der Waals surface area contributed by atoms with Crippen LogP contribution in [0.25, 0.3) is 11.5 Å². The lowest BCUT2D eigenvalue weighted by atomic mass is 10.2. The fourth-order valence-corrected chi connectivity index (χ4v) is 3.39. The predicted molar refractivity (Wildman–Crippen MR) is 114 cm³/mol. The van der Waals surface area contributed by atoms with Gasteiger partial charge in [-0.15, -0.1) is 0 Å². The number of aromatic nitrogens is 3. The Morgan fingerprint density at radius 3 is 2.31 bits per heavy atom.